The van der Waals surface area contributed by atoms with Gasteiger partial charge in [0.2, 0.25) is 0 Å². The van der Waals surface area contributed by atoms with Crippen molar-refractivity contribution in [1.29, 1.82) is 10.8 Å². The van der Waals surface area contributed by atoms with Crippen molar-refractivity contribution in [3.05, 3.63) is 58.8 Å². The van der Waals surface area contributed by atoms with Crippen LogP contribution in [0.4, 0.5) is 0 Å². The first-order valence-corrected chi connectivity index (χ1v) is 6.69. The van der Waals surface area contributed by atoms with Gasteiger partial charge in [0.25, 0.3) is 0 Å². The number of benzene rings is 1. The summed E-state index contributed by atoms with van der Waals surface area (Å²) in [4.78, 5) is 0. The van der Waals surface area contributed by atoms with E-state index < -0.39 is 0 Å². The third-order valence-electron chi connectivity index (χ3n) is 3.27. The minimum absolute atomic E-state index is 0.352. The lowest BCUT2D eigenvalue weighted by atomic mass is 9.89. The smallest absolute Gasteiger partial charge is 0.0644 e. The molecule has 0 aliphatic rings. The summed E-state index contributed by atoms with van der Waals surface area (Å²) in [5.41, 5.74) is 10.5. The maximum absolute atomic E-state index is 8.34. The highest BCUT2D eigenvalue weighted by molar-refractivity contribution is 6.11. The fourth-order valence-electron chi connectivity index (χ4n) is 2.07. The van der Waals surface area contributed by atoms with Gasteiger partial charge in [-0.25, -0.2) is 0 Å². The molecule has 1 rings (SSSR count). The highest BCUT2D eigenvalue weighted by atomic mass is 14.5. The van der Waals surface area contributed by atoms with Crippen molar-refractivity contribution in [3.8, 4) is 0 Å². The van der Waals surface area contributed by atoms with Crippen LogP contribution in [0, 0.1) is 17.7 Å². The van der Waals surface area contributed by atoms with E-state index >= 15 is 0 Å². The van der Waals surface area contributed by atoms with Gasteiger partial charge in [0.1, 0.15) is 0 Å². The van der Waals surface area contributed by atoms with Gasteiger partial charge in [-0.3, -0.25) is 5.41 Å². The molecule has 1 aromatic rings. The zero-order chi connectivity index (χ0) is 15.3. The molecule has 0 fully saturated rings. The van der Waals surface area contributed by atoms with Crippen LogP contribution in [0.3, 0.4) is 0 Å². The van der Waals surface area contributed by atoms with E-state index in [4.69, 9.17) is 16.6 Å². The molecule has 20 heavy (non-hydrogen) atoms. The quantitative estimate of drug-likeness (QED) is 0.673. The molecule has 0 aliphatic heterocycles. The predicted octanol–water partition coefficient (Wildman–Crippen LogP) is 3.92. The van der Waals surface area contributed by atoms with Gasteiger partial charge in [-0.1, -0.05) is 44.2 Å². The van der Waals surface area contributed by atoms with E-state index in [0.29, 0.717) is 29.2 Å². The standard InChI is InChI=1S/C17H23N3/c1-11(2)16-7-12(3)5-6-15(16)17(20)13(4)8-14(9-18)10-19/h5-7,9-11,18,20H,4,8,19H2,1-3H3/b14-10-,18-9?,20-17?. The lowest BCUT2D eigenvalue weighted by Gasteiger charge is -2.16. The first kappa shape index (κ1) is 15.9. The number of hydrogen-bond donors (Lipinski definition) is 3. The average molecular weight is 269 g/mol. The number of aryl methyl sites for hydroxylation is 1. The fraction of sp³-hybridized carbons (Fsp3) is 0.294. The van der Waals surface area contributed by atoms with Crippen LogP contribution in [0.2, 0.25) is 0 Å². The summed E-state index contributed by atoms with van der Waals surface area (Å²) in [6.45, 7) is 10.3. The molecule has 0 radical (unpaired) electrons. The van der Waals surface area contributed by atoms with Gasteiger partial charge in [-0.15, -0.1) is 0 Å². The largest absolute Gasteiger partial charge is 0.404 e. The van der Waals surface area contributed by atoms with Crippen molar-refractivity contribution in [2.45, 2.75) is 33.1 Å². The van der Waals surface area contributed by atoms with Gasteiger partial charge in [0.15, 0.2) is 0 Å². The Balaban J connectivity index is 3.09. The third kappa shape index (κ3) is 3.67. The molecule has 0 heterocycles. The van der Waals surface area contributed by atoms with E-state index in [9.17, 15) is 0 Å². The summed E-state index contributed by atoms with van der Waals surface area (Å²) in [5, 5.41) is 15.6. The van der Waals surface area contributed by atoms with E-state index in [2.05, 4.69) is 33.4 Å². The van der Waals surface area contributed by atoms with Crippen molar-refractivity contribution < 1.29 is 0 Å². The van der Waals surface area contributed by atoms with Crippen LogP contribution >= 0.6 is 0 Å². The molecule has 0 bridgehead atoms. The van der Waals surface area contributed by atoms with E-state index in [-0.39, 0.29) is 0 Å². The minimum atomic E-state index is 0.352. The van der Waals surface area contributed by atoms with E-state index in [0.717, 1.165) is 11.1 Å². The van der Waals surface area contributed by atoms with E-state index in [1.54, 1.807) is 0 Å². The van der Waals surface area contributed by atoms with Gasteiger partial charge >= 0.3 is 0 Å². The van der Waals surface area contributed by atoms with E-state index in [1.807, 2.05) is 12.1 Å². The number of nitrogens with two attached hydrogens (primary N) is 1. The Morgan fingerprint density at radius 3 is 2.55 bits per heavy atom. The molecular weight excluding hydrogens is 246 g/mol. The molecule has 0 spiro atoms. The topological polar surface area (TPSA) is 73.7 Å². The molecule has 0 atom stereocenters. The van der Waals surface area contributed by atoms with Crippen molar-refractivity contribution in [2.24, 2.45) is 5.73 Å². The van der Waals surface area contributed by atoms with Crippen molar-refractivity contribution in [3.63, 3.8) is 0 Å². The highest BCUT2D eigenvalue weighted by Crippen LogP contribution is 2.24. The summed E-state index contributed by atoms with van der Waals surface area (Å²) >= 11 is 0. The van der Waals surface area contributed by atoms with Crippen LogP contribution in [0.1, 0.15) is 42.9 Å². The summed E-state index contributed by atoms with van der Waals surface area (Å²) in [7, 11) is 0. The Hall–Kier alpha value is -2.16. The minimum Gasteiger partial charge on any atom is -0.404 e. The fourth-order valence-corrected chi connectivity index (χ4v) is 2.07. The molecule has 0 unspecified atom stereocenters. The van der Waals surface area contributed by atoms with Crippen molar-refractivity contribution in [2.75, 3.05) is 0 Å². The van der Waals surface area contributed by atoms with Crippen LogP contribution < -0.4 is 5.73 Å². The second-order valence-corrected chi connectivity index (χ2v) is 5.29. The summed E-state index contributed by atoms with van der Waals surface area (Å²) in [6.07, 6.45) is 3.03. The maximum Gasteiger partial charge on any atom is 0.0644 e. The number of nitrogens with one attached hydrogen (secondary N) is 2. The van der Waals surface area contributed by atoms with Gasteiger partial charge in [-0.05, 0) is 35.8 Å². The molecule has 0 saturated carbocycles. The third-order valence-corrected chi connectivity index (χ3v) is 3.27. The lowest BCUT2D eigenvalue weighted by molar-refractivity contribution is 0.861. The lowest BCUT2D eigenvalue weighted by Crippen LogP contribution is -2.09. The summed E-state index contributed by atoms with van der Waals surface area (Å²) in [5.74, 6) is 0.352. The second kappa shape index (κ2) is 6.85. The maximum atomic E-state index is 8.34. The first-order chi connectivity index (χ1) is 9.40. The summed E-state index contributed by atoms with van der Waals surface area (Å²) in [6, 6.07) is 6.12. The molecular formula is C17H23N3. The SMILES string of the molecule is C=C(C/C(C=N)=C/N)C(=N)c1ccc(C)cc1C(C)C. The Labute approximate surface area is 121 Å². The molecule has 1 aromatic carbocycles. The highest BCUT2D eigenvalue weighted by Gasteiger charge is 2.14. The Morgan fingerprint density at radius 2 is 2.05 bits per heavy atom. The molecule has 0 saturated heterocycles. The average Bonchev–Trinajstić information content (AvgIpc) is 2.43. The Kier molecular flexibility index (Phi) is 5.44. The zero-order valence-electron chi connectivity index (χ0n) is 12.5. The Bertz CT molecular complexity index is 566. The van der Waals surface area contributed by atoms with Crippen LogP contribution in [0.25, 0.3) is 0 Å². The first-order valence-electron chi connectivity index (χ1n) is 6.69. The Morgan fingerprint density at radius 1 is 1.40 bits per heavy atom. The normalized spacial score (nSPS) is 11.5. The van der Waals surface area contributed by atoms with Crippen LogP contribution in [-0.2, 0) is 0 Å². The van der Waals surface area contributed by atoms with Gasteiger partial charge < -0.3 is 11.1 Å². The van der Waals surface area contributed by atoms with Crippen molar-refractivity contribution in [1.82, 2.24) is 0 Å². The summed E-state index contributed by atoms with van der Waals surface area (Å²) < 4.78 is 0. The molecule has 106 valence electrons. The molecule has 4 N–H and O–H groups in total. The molecule has 3 heteroatoms. The second-order valence-electron chi connectivity index (χ2n) is 5.29. The van der Waals surface area contributed by atoms with E-state index in [1.165, 1.54) is 18.0 Å². The van der Waals surface area contributed by atoms with Crippen molar-refractivity contribution >= 4 is 11.9 Å². The number of hydrogen-bond acceptors (Lipinski definition) is 3. The van der Waals surface area contributed by atoms with Crippen LogP contribution in [0.5, 0.6) is 0 Å². The molecule has 0 amide bonds. The molecule has 0 aliphatic carbocycles. The zero-order valence-corrected chi connectivity index (χ0v) is 12.5. The monoisotopic (exact) mass is 269 g/mol. The number of rotatable bonds is 6. The van der Waals surface area contributed by atoms with Gasteiger partial charge in [-0.2, -0.15) is 0 Å². The van der Waals surface area contributed by atoms with Crippen LogP contribution in [0.15, 0.2) is 42.1 Å². The molecule has 3 nitrogen and oxygen atoms in total. The predicted molar refractivity (Wildman–Crippen MR) is 86.9 cm³/mol. The molecule has 0 aromatic heterocycles. The number of allylic oxidation sites excluding steroid dienone is 2. The van der Waals surface area contributed by atoms with Gasteiger partial charge in [0.05, 0.1) is 5.71 Å². The van der Waals surface area contributed by atoms with Crippen LogP contribution in [-0.4, -0.2) is 11.9 Å². The van der Waals surface area contributed by atoms with Gasteiger partial charge in [0, 0.05) is 18.2 Å².